The number of amides is 1. The van der Waals surface area contributed by atoms with Gasteiger partial charge in [0.1, 0.15) is 5.75 Å². The maximum absolute atomic E-state index is 12.8. The molecule has 1 N–H and O–H groups in total. The van der Waals surface area contributed by atoms with E-state index in [1.807, 2.05) is 37.3 Å². The summed E-state index contributed by atoms with van der Waals surface area (Å²) < 4.78 is 6.99. The predicted octanol–water partition coefficient (Wildman–Crippen LogP) is 3.66. The lowest BCUT2D eigenvalue weighted by molar-refractivity contribution is -0.384. The second-order valence-corrected chi connectivity index (χ2v) is 6.10. The Bertz CT molecular complexity index is 999. The van der Waals surface area contributed by atoms with Crippen LogP contribution in [-0.2, 0) is 13.0 Å². The fraction of sp³-hybridized carbons (Fsp3) is 0.200. The van der Waals surface area contributed by atoms with Crippen LogP contribution in [0.25, 0.3) is 0 Å². The summed E-state index contributed by atoms with van der Waals surface area (Å²) in [6, 6.07) is 13.9. The molecule has 1 amide bonds. The molecule has 3 aromatic rings. The van der Waals surface area contributed by atoms with Crippen molar-refractivity contribution < 1.29 is 14.5 Å². The fourth-order valence-corrected chi connectivity index (χ4v) is 2.96. The molecule has 0 atom stereocenters. The Morgan fingerprint density at radius 2 is 2.00 bits per heavy atom. The van der Waals surface area contributed by atoms with Crippen molar-refractivity contribution in [1.29, 1.82) is 0 Å². The molecule has 8 heteroatoms. The number of nitro groups is 1. The number of nitrogens with one attached hydrogen (secondary N) is 1. The van der Waals surface area contributed by atoms with Crippen molar-refractivity contribution in [3.05, 3.63) is 81.7 Å². The Kier molecular flexibility index (Phi) is 5.69. The maximum atomic E-state index is 12.8. The number of carbonyl (C=O) groups is 1. The number of anilines is 1. The van der Waals surface area contributed by atoms with Gasteiger partial charge in [0, 0.05) is 12.1 Å². The van der Waals surface area contributed by atoms with E-state index in [1.54, 1.807) is 4.68 Å². The highest BCUT2D eigenvalue weighted by Crippen LogP contribution is 2.29. The third-order valence-electron chi connectivity index (χ3n) is 4.35. The number of non-ortho nitro benzene ring substituents is 1. The van der Waals surface area contributed by atoms with Crippen LogP contribution in [-0.4, -0.2) is 27.7 Å². The lowest BCUT2D eigenvalue weighted by Gasteiger charge is -2.11. The molecule has 8 nitrogen and oxygen atoms in total. The van der Waals surface area contributed by atoms with E-state index in [0.717, 1.165) is 11.3 Å². The highest BCUT2D eigenvalue weighted by atomic mass is 16.6. The molecule has 0 spiro atoms. The van der Waals surface area contributed by atoms with Crippen LogP contribution in [0.4, 0.5) is 11.4 Å². The van der Waals surface area contributed by atoms with Gasteiger partial charge in [0.2, 0.25) is 0 Å². The van der Waals surface area contributed by atoms with Gasteiger partial charge < -0.3 is 10.1 Å². The zero-order chi connectivity index (χ0) is 20.1. The van der Waals surface area contributed by atoms with Crippen LogP contribution >= 0.6 is 0 Å². The highest BCUT2D eigenvalue weighted by molar-refractivity contribution is 6.05. The molecule has 28 heavy (non-hydrogen) atoms. The van der Waals surface area contributed by atoms with Crippen LogP contribution in [0.2, 0.25) is 0 Å². The molecule has 0 aliphatic heterocycles. The molecule has 0 aliphatic carbocycles. The first kappa shape index (κ1) is 19.1. The van der Waals surface area contributed by atoms with E-state index in [2.05, 4.69) is 10.4 Å². The molecule has 1 aromatic heterocycles. The zero-order valence-corrected chi connectivity index (χ0v) is 15.6. The van der Waals surface area contributed by atoms with E-state index >= 15 is 0 Å². The summed E-state index contributed by atoms with van der Waals surface area (Å²) in [6.07, 6.45) is 2.13. The van der Waals surface area contributed by atoms with E-state index in [1.165, 1.54) is 31.5 Å². The summed E-state index contributed by atoms with van der Waals surface area (Å²) in [5.74, 6) is -0.0522. The summed E-state index contributed by atoms with van der Waals surface area (Å²) in [6.45, 7) is 2.50. The first-order chi connectivity index (χ1) is 13.5. The molecule has 0 fully saturated rings. The number of nitrogens with zero attached hydrogens (tertiary/aromatic N) is 3. The molecular formula is C20H20N4O4. The molecule has 3 rings (SSSR count). The van der Waals surface area contributed by atoms with Crippen molar-refractivity contribution in [3.63, 3.8) is 0 Å². The van der Waals surface area contributed by atoms with Gasteiger partial charge in [-0.1, -0.05) is 37.3 Å². The Morgan fingerprint density at radius 3 is 2.64 bits per heavy atom. The Morgan fingerprint density at radius 1 is 1.25 bits per heavy atom. The third-order valence-corrected chi connectivity index (χ3v) is 4.35. The minimum Gasteiger partial charge on any atom is -0.495 e. The first-order valence-corrected chi connectivity index (χ1v) is 8.75. The summed E-state index contributed by atoms with van der Waals surface area (Å²) >= 11 is 0. The Labute approximate surface area is 161 Å². The molecule has 0 saturated carbocycles. The van der Waals surface area contributed by atoms with Crippen LogP contribution in [0.5, 0.6) is 5.75 Å². The molecule has 1 heterocycles. The van der Waals surface area contributed by atoms with E-state index in [9.17, 15) is 14.9 Å². The van der Waals surface area contributed by atoms with Crippen molar-refractivity contribution in [3.8, 4) is 5.75 Å². The van der Waals surface area contributed by atoms with Gasteiger partial charge in [-0.25, -0.2) is 0 Å². The normalized spacial score (nSPS) is 10.5. The van der Waals surface area contributed by atoms with Crippen molar-refractivity contribution in [2.45, 2.75) is 19.9 Å². The first-order valence-electron chi connectivity index (χ1n) is 8.75. The minimum absolute atomic E-state index is 0.133. The smallest absolute Gasteiger partial charge is 0.271 e. The van der Waals surface area contributed by atoms with Gasteiger partial charge in [-0.3, -0.25) is 19.6 Å². The van der Waals surface area contributed by atoms with E-state index < -0.39 is 10.8 Å². The van der Waals surface area contributed by atoms with Gasteiger partial charge in [0.25, 0.3) is 11.6 Å². The molecule has 144 valence electrons. The molecule has 0 aliphatic rings. The Balaban J connectivity index is 1.87. The van der Waals surface area contributed by atoms with Crippen molar-refractivity contribution in [1.82, 2.24) is 9.78 Å². The molecule has 0 radical (unpaired) electrons. The number of methoxy groups -OCH3 is 1. The van der Waals surface area contributed by atoms with Gasteiger partial charge in [-0.15, -0.1) is 0 Å². The van der Waals surface area contributed by atoms with Crippen LogP contribution < -0.4 is 10.1 Å². The summed E-state index contributed by atoms with van der Waals surface area (Å²) in [4.78, 5) is 23.3. The van der Waals surface area contributed by atoms with Crippen LogP contribution in [0, 0.1) is 10.1 Å². The second kappa shape index (κ2) is 8.34. The number of hydrogen-bond acceptors (Lipinski definition) is 5. The summed E-state index contributed by atoms with van der Waals surface area (Å²) in [5, 5.41) is 18.1. The largest absolute Gasteiger partial charge is 0.495 e. The lowest BCUT2D eigenvalue weighted by atomic mass is 10.1. The highest BCUT2D eigenvalue weighted by Gasteiger charge is 2.19. The van der Waals surface area contributed by atoms with Crippen molar-refractivity contribution in [2.24, 2.45) is 0 Å². The maximum Gasteiger partial charge on any atom is 0.271 e. The average Bonchev–Trinajstić information content (AvgIpc) is 3.11. The Hall–Kier alpha value is -3.68. The van der Waals surface area contributed by atoms with Gasteiger partial charge >= 0.3 is 0 Å². The molecule has 0 unspecified atom stereocenters. The number of ether oxygens (including phenoxy) is 1. The average molecular weight is 380 g/mol. The number of benzene rings is 2. The molecular weight excluding hydrogens is 360 g/mol. The number of nitro benzene ring substituents is 1. The van der Waals surface area contributed by atoms with Crippen molar-refractivity contribution >= 4 is 17.3 Å². The van der Waals surface area contributed by atoms with E-state index in [0.29, 0.717) is 24.3 Å². The molecule has 0 bridgehead atoms. The quantitative estimate of drug-likeness (QED) is 0.498. The van der Waals surface area contributed by atoms with E-state index in [-0.39, 0.29) is 11.4 Å². The van der Waals surface area contributed by atoms with Gasteiger partial charge in [-0.2, -0.15) is 5.10 Å². The topological polar surface area (TPSA) is 99.3 Å². The van der Waals surface area contributed by atoms with Gasteiger partial charge in [-0.05, 0) is 18.1 Å². The van der Waals surface area contributed by atoms with E-state index in [4.69, 9.17) is 4.74 Å². The number of hydrogen-bond donors (Lipinski definition) is 1. The SMILES string of the molecule is CCc1c(C(=O)Nc2cc([N+](=O)[O-])ccc2OC)cnn1Cc1ccccc1. The van der Waals surface area contributed by atoms with Gasteiger partial charge in [0.15, 0.2) is 0 Å². The fourth-order valence-electron chi connectivity index (χ4n) is 2.96. The van der Waals surface area contributed by atoms with Crippen LogP contribution in [0.3, 0.4) is 0 Å². The second-order valence-electron chi connectivity index (χ2n) is 6.10. The zero-order valence-electron chi connectivity index (χ0n) is 15.6. The molecule has 0 saturated heterocycles. The van der Waals surface area contributed by atoms with Crippen LogP contribution in [0.1, 0.15) is 28.5 Å². The molecule has 2 aromatic carbocycles. The summed E-state index contributed by atoms with van der Waals surface area (Å²) in [7, 11) is 1.44. The van der Waals surface area contributed by atoms with Crippen LogP contribution in [0.15, 0.2) is 54.7 Å². The lowest BCUT2D eigenvalue weighted by Crippen LogP contribution is -2.15. The number of aromatic nitrogens is 2. The standard InChI is InChI=1S/C20H20N4O4/c1-3-18-16(12-21-23(18)13-14-7-5-4-6-8-14)20(25)22-17-11-15(24(26)27)9-10-19(17)28-2/h4-12H,3,13H2,1-2H3,(H,22,25). The van der Waals surface area contributed by atoms with Gasteiger partial charge in [0.05, 0.1) is 41.7 Å². The number of carbonyl (C=O) groups excluding carboxylic acids is 1. The monoisotopic (exact) mass is 380 g/mol. The van der Waals surface area contributed by atoms with Crippen molar-refractivity contribution in [2.75, 3.05) is 12.4 Å². The predicted molar refractivity (Wildman–Crippen MR) is 105 cm³/mol. The number of rotatable bonds is 7. The summed E-state index contributed by atoms with van der Waals surface area (Å²) in [5.41, 5.74) is 2.39. The minimum atomic E-state index is -0.523. The third kappa shape index (κ3) is 4.01.